The molecular weight excluding hydrogens is 344 g/mol. The monoisotopic (exact) mass is 349 g/mol. The summed E-state index contributed by atoms with van der Waals surface area (Å²) in [6.07, 6.45) is 0. The summed E-state index contributed by atoms with van der Waals surface area (Å²) in [7, 11) is 0. The fourth-order valence-corrected chi connectivity index (χ4v) is 2.37. The first-order valence-corrected chi connectivity index (χ1v) is 6.86. The Hall–Kier alpha value is -1.13. The molecule has 1 amide bonds. The molecule has 0 spiro atoms. The fourth-order valence-electron chi connectivity index (χ4n) is 1.41. The molecule has 0 aliphatic heterocycles. The number of para-hydroxylation sites is 1. The van der Waals surface area contributed by atoms with Crippen LogP contribution in [0.3, 0.4) is 0 Å². The molecule has 0 aliphatic rings. The zero-order chi connectivity index (χ0) is 14.7. The van der Waals surface area contributed by atoms with Crippen molar-refractivity contribution in [2.45, 2.75) is 0 Å². The summed E-state index contributed by atoms with van der Waals surface area (Å²) in [5, 5.41) is 1.20. The van der Waals surface area contributed by atoms with Crippen LogP contribution < -0.4 is 10.3 Å². The average Bonchev–Trinajstić information content (AvgIpc) is 2.37. The highest BCUT2D eigenvalue weighted by atomic mass is 35.5. The zero-order valence-electron chi connectivity index (χ0n) is 9.79. The molecule has 0 saturated carbocycles. The first-order chi connectivity index (χ1) is 9.49. The molecule has 1 N–H and O–H groups in total. The molecule has 2 aromatic carbocycles. The van der Waals surface area contributed by atoms with Crippen molar-refractivity contribution in [1.29, 1.82) is 0 Å². The number of halogens is 4. The predicted molar refractivity (Wildman–Crippen MR) is 81.0 cm³/mol. The van der Waals surface area contributed by atoms with Crippen LogP contribution in [0.4, 0.5) is 0 Å². The van der Waals surface area contributed by atoms with Crippen LogP contribution in [0.1, 0.15) is 10.4 Å². The van der Waals surface area contributed by atoms with Gasteiger partial charge in [0.1, 0.15) is 0 Å². The lowest BCUT2D eigenvalue weighted by atomic mass is 10.2. The normalized spacial score (nSPS) is 10.2. The first-order valence-electron chi connectivity index (χ1n) is 5.35. The minimum absolute atomic E-state index is 0.161. The Morgan fingerprint density at radius 1 is 0.950 bits per heavy atom. The Kier molecular flexibility index (Phi) is 5.00. The van der Waals surface area contributed by atoms with Gasteiger partial charge in [-0.25, -0.2) is 0 Å². The van der Waals surface area contributed by atoms with Gasteiger partial charge in [-0.05, 0) is 30.3 Å². The highest BCUT2D eigenvalue weighted by Gasteiger charge is 2.13. The van der Waals surface area contributed by atoms with E-state index in [1.165, 1.54) is 12.1 Å². The number of carbonyl (C=O) groups is 1. The standard InChI is InChI=1S/C13H7Cl4NO2/c14-7-4-5-8(11(17)6-7)13(19)18-20-12-9(15)2-1-3-10(12)16/h1-6H,(H,18,19). The van der Waals surface area contributed by atoms with Gasteiger partial charge >= 0.3 is 0 Å². The highest BCUT2D eigenvalue weighted by molar-refractivity contribution is 6.37. The summed E-state index contributed by atoms with van der Waals surface area (Å²) in [5.41, 5.74) is 2.44. The van der Waals surface area contributed by atoms with Crippen LogP contribution in [0.15, 0.2) is 36.4 Å². The molecule has 20 heavy (non-hydrogen) atoms. The van der Waals surface area contributed by atoms with E-state index in [1.807, 2.05) is 0 Å². The lowest BCUT2D eigenvalue weighted by Gasteiger charge is -2.10. The third-order valence-electron chi connectivity index (χ3n) is 2.34. The molecule has 0 aliphatic carbocycles. The third-order valence-corrected chi connectivity index (χ3v) is 3.48. The zero-order valence-corrected chi connectivity index (χ0v) is 12.8. The van der Waals surface area contributed by atoms with Crippen molar-refractivity contribution >= 4 is 52.3 Å². The summed E-state index contributed by atoms with van der Waals surface area (Å²) < 4.78 is 0. The molecule has 0 heterocycles. The molecule has 0 saturated heterocycles. The van der Waals surface area contributed by atoms with E-state index >= 15 is 0 Å². The first kappa shape index (κ1) is 15.3. The highest BCUT2D eigenvalue weighted by Crippen LogP contribution is 2.31. The summed E-state index contributed by atoms with van der Waals surface area (Å²) >= 11 is 23.5. The quantitative estimate of drug-likeness (QED) is 0.789. The summed E-state index contributed by atoms with van der Waals surface area (Å²) in [6, 6.07) is 9.33. The fraction of sp³-hybridized carbons (Fsp3) is 0. The molecule has 0 aromatic heterocycles. The molecule has 2 rings (SSSR count). The SMILES string of the molecule is O=C(NOc1c(Cl)cccc1Cl)c1ccc(Cl)cc1Cl. The van der Waals surface area contributed by atoms with Crippen LogP contribution in [0.2, 0.25) is 20.1 Å². The number of rotatable bonds is 3. The smallest absolute Gasteiger partial charge is 0.285 e. The molecule has 0 radical (unpaired) electrons. The second-order valence-electron chi connectivity index (χ2n) is 3.71. The number of nitrogens with one attached hydrogen (secondary N) is 1. The van der Waals surface area contributed by atoms with E-state index in [0.717, 1.165) is 0 Å². The Balaban J connectivity index is 2.13. The summed E-state index contributed by atoms with van der Waals surface area (Å²) in [4.78, 5) is 17.0. The molecular formula is C13H7Cl4NO2. The number of benzene rings is 2. The largest absolute Gasteiger partial charge is 0.376 e. The van der Waals surface area contributed by atoms with Crippen LogP contribution in [0.5, 0.6) is 5.75 Å². The number of carbonyl (C=O) groups excluding carboxylic acids is 1. The molecule has 0 fully saturated rings. The second-order valence-corrected chi connectivity index (χ2v) is 5.37. The van der Waals surface area contributed by atoms with Crippen molar-refractivity contribution in [3.05, 3.63) is 62.1 Å². The van der Waals surface area contributed by atoms with E-state index in [0.29, 0.717) is 5.02 Å². The molecule has 0 unspecified atom stereocenters. The topological polar surface area (TPSA) is 38.3 Å². The van der Waals surface area contributed by atoms with Crippen LogP contribution in [-0.4, -0.2) is 5.91 Å². The van der Waals surface area contributed by atoms with Crippen LogP contribution in [0, 0.1) is 0 Å². The van der Waals surface area contributed by atoms with Gasteiger partial charge in [0.15, 0.2) is 5.75 Å². The Morgan fingerprint density at radius 3 is 2.20 bits per heavy atom. The number of amides is 1. The molecule has 104 valence electrons. The van der Waals surface area contributed by atoms with Gasteiger partial charge in [-0.15, -0.1) is 0 Å². The van der Waals surface area contributed by atoms with E-state index in [4.69, 9.17) is 51.2 Å². The van der Waals surface area contributed by atoms with E-state index in [-0.39, 0.29) is 26.4 Å². The van der Waals surface area contributed by atoms with E-state index in [1.54, 1.807) is 24.3 Å². The van der Waals surface area contributed by atoms with Crippen LogP contribution in [-0.2, 0) is 0 Å². The predicted octanol–water partition coefficient (Wildman–Crippen LogP) is 5.02. The third kappa shape index (κ3) is 3.49. The maximum atomic E-state index is 11.9. The van der Waals surface area contributed by atoms with Gasteiger partial charge in [-0.1, -0.05) is 52.5 Å². The van der Waals surface area contributed by atoms with Gasteiger partial charge in [-0.2, -0.15) is 5.48 Å². The Morgan fingerprint density at radius 2 is 1.60 bits per heavy atom. The van der Waals surface area contributed by atoms with Gasteiger partial charge in [0, 0.05) is 5.02 Å². The Bertz CT molecular complexity index is 641. The van der Waals surface area contributed by atoms with E-state index < -0.39 is 5.91 Å². The average molecular weight is 351 g/mol. The van der Waals surface area contributed by atoms with Crippen molar-refractivity contribution < 1.29 is 9.63 Å². The lowest BCUT2D eigenvalue weighted by molar-refractivity contribution is 0.0760. The van der Waals surface area contributed by atoms with E-state index in [9.17, 15) is 4.79 Å². The van der Waals surface area contributed by atoms with Crippen LogP contribution >= 0.6 is 46.4 Å². The molecule has 0 bridgehead atoms. The van der Waals surface area contributed by atoms with Gasteiger partial charge in [0.2, 0.25) is 0 Å². The van der Waals surface area contributed by atoms with Gasteiger partial charge in [-0.3, -0.25) is 4.79 Å². The minimum Gasteiger partial charge on any atom is -0.376 e. The molecule has 7 heteroatoms. The summed E-state index contributed by atoms with van der Waals surface area (Å²) in [6.45, 7) is 0. The number of hydrogen-bond acceptors (Lipinski definition) is 2. The maximum Gasteiger partial charge on any atom is 0.285 e. The van der Waals surface area contributed by atoms with Crippen molar-refractivity contribution in [3.63, 3.8) is 0 Å². The van der Waals surface area contributed by atoms with Gasteiger partial charge in [0.25, 0.3) is 5.91 Å². The molecule has 0 atom stereocenters. The minimum atomic E-state index is -0.539. The second kappa shape index (κ2) is 6.55. The lowest BCUT2D eigenvalue weighted by Crippen LogP contribution is -2.27. The van der Waals surface area contributed by atoms with E-state index in [2.05, 4.69) is 5.48 Å². The van der Waals surface area contributed by atoms with Crippen molar-refractivity contribution in [2.75, 3.05) is 0 Å². The molecule has 3 nitrogen and oxygen atoms in total. The maximum absolute atomic E-state index is 11.9. The number of hydroxylamine groups is 1. The summed E-state index contributed by atoms with van der Waals surface area (Å²) in [5.74, 6) is -0.378. The molecule has 2 aromatic rings. The van der Waals surface area contributed by atoms with Crippen molar-refractivity contribution in [3.8, 4) is 5.75 Å². The van der Waals surface area contributed by atoms with Crippen LogP contribution in [0.25, 0.3) is 0 Å². The van der Waals surface area contributed by atoms with Crippen molar-refractivity contribution in [2.24, 2.45) is 0 Å². The van der Waals surface area contributed by atoms with Gasteiger partial charge in [0.05, 0.1) is 20.6 Å². The Labute approximate surface area is 135 Å². The van der Waals surface area contributed by atoms with Crippen molar-refractivity contribution in [1.82, 2.24) is 5.48 Å². The van der Waals surface area contributed by atoms with Gasteiger partial charge < -0.3 is 4.84 Å². The number of hydrogen-bond donors (Lipinski definition) is 1.